The molecule has 0 bridgehead atoms. The van der Waals surface area contributed by atoms with Crippen LogP contribution in [0.3, 0.4) is 0 Å². The lowest BCUT2D eigenvalue weighted by Crippen LogP contribution is -2.57. The van der Waals surface area contributed by atoms with Crippen LogP contribution in [0.25, 0.3) is 0 Å². The fourth-order valence-electron chi connectivity index (χ4n) is 5.59. The minimum absolute atomic E-state index is 0.0298. The van der Waals surface area contributed by atoms with Crippen molar-refractivity contribution >= 4 is 29.3 Å². The molecule has 1 N–H and O–H groups in total. The molecular formula is C30H32ClF3N4O2S. The molecule has 0 radical (unpaired) electrons. The summed E-state index contributed by atoms with van der Waals surface area (Å²) < 4.78 is 40.8. The highest BCUT2D eigenvalue weighted by Gasteiger charge is 2.35. The fraction of sp³-hybridized carbons (Fsp3) is 0.400. The molecule has 5 rings (SSSR count). The van der Waals surface area contributed by atoms with E-state index in [1.165, 1.54) is 23.4 Å². The number of carbonyl (C=O) groups is 1. The average molecular weight is 605 g/mol. The van der Waals surface area contributed by atoms with Gasteiger partial charge < -0.3 is 10.0 Å². The number of aromatic hydroxyl groups is 1. The number of thioether (sulfide) groups is 1. The number of alkyl halides is 3. The summed E-state index contributed by atoms with van der Waals surface area (Å²) in [6, 6.07) is 12.3. The van der Waals surface area contributed by atoms with E-state index in [1.54, 1.807) is 29.4 Å². The van der Waals surface area contributed by atoms with Crippen molar-refractivity contribution in [2.45, 2.75) is 36.5 Å². The predicted molar refractivity (Wildman–Crippen MR) is 155 cm³/mol. The van der Waals surface area contributed by atoms with Crippen LogP contribution in [-0.4, -0.2) is 82.3 Å². The standard InChI is InChI=1S/C30H32ClF3N4O2S/c1-41-25-16-22(15-23(17-25)30(32,33)34)29(40)38-12-11-37(19-24(38)13-20-4-5-26(31)28(39)14-20)10-9-36-8-6-27-21(18-36)3-2-7-35-27/h2-5,7,14-17,24,39H,6,8-13,18-19H2,1H3/t24-/m1/s1. The highest BCUT2D eigenvalue weighted by atomic mass is 35.5. The number of rotatable bonds is 7. The second-order valence-corrected chi connectivity index (χ2v) is 11.8. The number of nitrogens with zero attached hydrogens (tertiary/aromatic N) is 4. The van der Waals surface area contributed by atoms with Crippen LogP contribution in [0.15, 0.2) is 59.6 Å². The molecule has 1 saturated heterocycles. The molecule has 218 valence electrons. The summed E-state index contributed by atoms with van der Waals surface area (Å²) in [5.74, 6) is -0.466. The van der Waals surface area contributed by atoms with E-state index in [-0.39, 0.29) is 22.4 Å². The molecule has 0 unspecified atom stereocenters. The number of amides is 1. The van der Waals surface area contributed by atoms with Crippen LogP contribution < -0.4 is 0 Å². The summed E-state index contributed by atoms with van der Waals surface area (Å²) in [6.07, 6.45) is 0.317. The van der Waals surface area contributed by atoms with Gasteiger partial charge in [0.05, 0.1) is 10.6 Å². The maximum Gasteiger partial charge on any atom is 0.416 e. The third-order valence-corrected chi connectivity index (χ3v) is 8.83. The summed E-state index contributed by atoms with van der Waals surface area (Å²) in [5.41, 5.74) is 2.40. The van der Waals surface area contributed by atoms with Crippen molar-refractivity contribution in [3.05, 3.63) is 87.7 Å². The zero-order valence-electron chi connectivity index (χ0n) is 22.7. The summed E-state index contributed by atoms with van der Waals surface area (Å²) in [4.78, 5) is 25.0. The van der Waals surface area contributed by atoms with Gasteiger partial charge in [0.15, 0.2) is 0 Å². The average Bonchev–Trinajstić information content (AvgIpc) is 2.97. The third-order valence-electron chi connectivity index (χ3n) is 7.80. The Balaban J connectivity index is 1.33. The lowest BCUT2D eigenvalue weighted by Gasteiger charge is -2.42. The van der Waals surface area contributed by atoms with Crippen LogP contribution in [0.4, 0.5) is 13.2 Å². The van der Waals surface area contributed by atoms with Gasteiger partial charge in [-0.05, 0) is 60.2 Å². The van der Waals surface area contributed by atoms with Crippen molar-refractivity contribution in [3.8, 4) is 5.75 Å². The van der Waals surface area contributed by atoms with E-state index in [1.807, 2.05) is 12.3 Å². The molecule has 2 aromatic carbocycles. The minimum Gasteiger partial charge on any atom is -0.506 e. The maximum atomic E-state index is 13.7. The Kier molecular flexibility index (Phi) is 9.13. The van der Waals surface area contributed by atoms with E-state index < -0.39 is 17.6 Å². The number of pyridine rings is 1. The van der Waals surface area contributed by atoms with Crippen molar-refractivity contribution < 1.29 is 23.1 Å². The SMILES string of the molecule is CSc1cc(C(=O)N2CCN(CCN3CCc4ncccc4C3)C[C@H]2Cc2ccc(Cl)c(O)c2)cc(C(F)(F)F)c1. The highest BCUT2D eigenvalue weighted by molar-refractivity contribution is 7.98. The number of halogens is 4. The van der Waals surface area contributed by atoms with Gasteiger partial charge >= 0.3 is 6.18 Å². The largest absolute Gasteiger partial charge is 0.506 e. The number of aromatic nitrogens is 1. The molecule has 0 spiro atoms. The molecule has 2 aliphatic heterocycles. The second kappa shape index (κ2) is 12.6. The highest BCUT2D eigenvalue weighted by Crippen LogP contribution is 2.34. The van der Waals surface area contributed by atoms with E-state index in [9.17, 15) is 23.1 Å². The van der Waals surface area contributed by atoms with Crippen molar-refractivity contribution in [1.82, 2.24) is 19.7 Å². The van der Waals surface area contributed by atoms with E-state index in [0.717, 1.165) is 56.0 Å². The number of benzene rings is 2. The first-order valence-electron chi connectivity index (χ1n) is 13.5. The summed E-state index contributed by atoms with van der Waals surface area (Å²) in [6.45, 7) is 5.03. The number of phenolic OH excluding ortho intramolecular Hbond substituents is 1. The van der Waals surface area contributed by atoms with Gasteiger partial charge in [0.1, 0.15) is 5.75 Å². The van der Waals surface area contributed by atoms with Gasteiger partial charge in [0.25, 0.3) is 5.91 Å². The van der Waals surface area contributed by atoms with E-state index in [2.05, 4.69) is 20.9 Å². The molecule has 1 aromatic heterocycles. The molecule has 11 heteroatoms. The van der Waals surface area contributed by atoms with Gasteiger partial charge in [-0.3, -0.25) is 19.6 Å². The molecule has 3 heterocycles. The molecule has 6 nitrogen and oxygen atoms in total. The van der Waals surface area contributed by atoms with Gasteiger partial charge in [0, 0.05) is 80.6 Å². The van der Waals surface area contributed by atoms with Crippen LogP contribution in [-0.2, 0) is 25.6 Å². The quantitative estimate of drug-likeness (QED) is 0.354. The Labute approximate surface area is 247 Å². The molecular weight excluding hydrogens is 573 g/mol. The van der Waals surface area contributed by atoms with Crippen molar-refractivity contribution in [2.75, 3.05) is 45.5 Å². The summed E-state index contributed by atoms with van der Waals surface area (Å²) in [5, 5.41) is 10.4. The van der Waals surface area contributed by atoms with Gasteiger partial charge in [-0.1, -0.05) is 23.7 Å². The number of piperazine rings is 1. The van der Waals surface area contributed by atoms with Crippen LogP contribution in [0.5, 0.6) is 5.75 Å². The Morgan fingerprint density at radius 3 is 2.66 bits per heavy atom. The van der Waals surface area contributed by atoms with Gasteiger partial charge in [0.2, 0.25) is 0 Å². The van der Waals surface area contributed by atoms with E-state index >= 15 is 0 Å². The maximum absolute atomic E-state index is 13.7. The number of hydrogen-bond acceptors (Lipinski definition) is 6. The van der Waals surface area contributed by atoms with Crippen LogP contribution >= 0.6 is 23.4 Å². The van der Waals surface area contributed by atoms with Crippen LogP contribution in [0.1, 0.15) is 32.7 Å². The first-order chi connectivity index (χ1) is 19.6. The number of hydrogen-bond donors (Lipinski definition) is 1. The number of phenols is 1. The Bertz CT molecular complexity index is 1410. The molecule has 0 saturated carbocycles. The van der Waals surface area contributed by atoms with Gasteiger partial charge in [-0.25, -0.2) is 0 Å². The zero-order chi connectivity index (χ0) is 29.1. The van der Waals surface area contributed by atoms with Crippen LogP contribution in [0.2, 0.25) is 5.02 Å². The molecule has 3 aromatic rings. The fourth-order valence-corrected chi connectivity index (χ4v) is 6.20. The summed E-state index contributed by atoms with van der Waals surface area (Å²) >= 11 is 7.18. The van der Waals surface area contributed by atoms with E-state index in [0.29, 0.717) is 31.0 Å². The topological polar surface area (TPSA) is 59.9 Å². The first-order valence-corrected chi connectivity index (χ1v) is 15.1. The lowest BCUT2D eigenvalue weighted by molar-refractivity contribution is -0.137. The number of carbonyl (C=O) groups excluding carboxylic acids is 1. The minimum atomic E-state index is -4.55. The van der Waals surface area contributed by atoms with Gasteiger partial charge in [-0.2, -0.15) is 13.2 Å². The molecule has 1 amide bonds. The van der Waals surface area contributed by atoms with Crippen LogP contribution in [0, 0.1) is 0 Å². The van der Waals surface area contributed by atoms with E-state index in [4.69, 9.17) is 11.6 Å². The molecule has 2 aliphatic rings. The second-order valence-electron chi connectivity index (χ2n) is 10.5. The monoisotopic (exact) mass is 604 g/mol. The van der Waals surface area contributed by atoms with Crippen molar-refractivity contribution in [2.24, 2.45) is 0 Å². The molecule has 1 fully saturated rings. The van der Waals surface area contributed by atoms with Gasteiger partial charge in [-0.15, -0.1) is 11.8 Å². The smallest absolute Gasteiger partial charge is 0.416 e. The predicted octanol–water partition coefficient (Wildman–Crippen LogP) is 5.61. The number of fused-ring (bicyclic) bond motifs is 1. The molecule has 1 atom stereocenters. The first kappa shape index (κ1) is 29.7. The Morgan fingerprint density at radius 2 is 1.90 bits per heavy atom. The normalized spacial score (nSPS) is 18.4. The zero-order valence-corrected chi connectivity index (χ0v) is 24.3. The molecule has 0 aliphatic carbocycles. The van der Waals surface area contributed by atoms with Crippen molar-refractivity contribution in [3.63, 3.8) is 0 Å². The Morgan fingerprint density at radius 1 is 1.10 bits per heavy atom. The summed E-state index contributed by atoms with van der Waals surface area (Å²) in [7, 11) is 0. The van der Waals surface area contributed by atoms with Crippen molar-refractivity contribution in [1.29, 1.82) is 0 Å². The third kappa shape index (κ3) is 7.17. The lowest BCUT2D eigenvalue weighted by atomic mass is 10.00. The Hall–Kier alpha value is -2.79. The molecule has 41 heavy (non-hydrogen) atoms.